The summed E-state index contributed by atoms with van der Waals surface area (Å²) in [5.74, 6) is 0. The van der Waals surface area contributed by atoms with Crippen molar-refractivity contribution in [3.05, 3.63) is 114 Å². The molecule has 33 heavy (non-hydrogen) atoms. The van der Waals surface area contributed by atoms with Gasteiger partial charge in [0.25, 0.3) is 0 Å². The number of para-hydroxylation sites is 3. The molecule has 7 rings (SSSR count). The van der Waals surface area contributed by atoms with Crippen LogP contribution in [-0.4, -0.2) is 4.57 Å². The SMILES string of the molecule is [2H]c1c([2H])c([2H])c(-n2c3c([2H])c([2H])c([2H])c([2H])c3c3c([2H])c([2H])c([2H])c([2H])c32)c(-c2c([2H])c([2H])c(Cl)c3c2sc2c([2H])c([2H])c([2H])c([2H])c23)c1[2H]. The van der Waals surface area contributed by atoms with E-state index in [1.807, 2.05) is 0 Å². The molecule has 2 aromatic heterocycles. The fraction of sp³-hybridized carbons (Fsp3) is 0. The van der Waals surface area contributed by atoms with Crippen LogP contribution >= 0.6 is 22.9 Å². The van der Waals surface area contributed by atoms with Crippen LogP contribution in [0.1, 0.15) is 24.7 Å². The summed E-state index contributed by atoms with van der Waals surface area (Å²) < 4.78 is 157. The van der Waals surface area contributed by atoms with Crippen molar-refractivity contribution in [1.29, 1.82) is 0 Å². The predicted molar refractivity (Wildman–Crippen MR) is 144 cm³/mol. The van der Waals surface area contributed by atoms with Crippen molar-refractivity contribution in [2.75, 3.05) is 0 Å². The first-order chi connectivity index (χ1) is 23.8. The number of aromatic nitrogens is 1. The Bertz CT molecular complexity index is 2730. The van der Waals surface area contributed by atoms with Gasteiger partial charge < -0.3 is 4.57 Å². The number of hydrogen-bond acceptors (Lipinski definition) is 1. The van der Waals surface area contributed by atoms with Gasteiger partial charge in [-0.3, -0.25) is 0 Å². The summed E-state index contributed by atoms with van der Waals surface area (Å²) in [5, 5.41) is -1.27. The second kappa shape index (κ2) is 7.21. The molecule has 0 N–H and O–H groups in total. The van der Waals surface area contributed by atoms with Gasteiger partial charge >= 0.3 is 0 Å². The molecule has 0 atom stereocenters. The van der Waals surface area contributed by atoms with Crippen molar-refractivity contribution in [1.82, 2.24) is 4.57 Å². The Kier molecular flexibility index (Phi) is 1.82. The number of thiophene rings is 1. The molecule has 3 heteroatoms. The quantitative estimate of drug-likeness (QED) is 0.233. The highest BCUT2D eigenvalue weighted by atomic mass is 35.5. The Labute approximate surface area is 225 Å². The largest absolute Gasteiger partial charge is 0.309 e. The van der Waals surface area contributed by atoms with E-state index in [0.717, 1.165) is 15.9 Å². The maximum atomic E-state index is 9.16. The molecule has 0 fully saturated rings. The first-order valence-corrected chi connectivity index (χ1v) is 10.7. The van der Waals surface area contributed by atoms with Gasteiger partial charge in [0.15, 0.2) is 0 Å². The predicted octanol–water partition coefficient (Wildman–Crippen LogP) is 9.47. The van der Waals surface area contributed by atoms with Crippen LogP contribution in [0.5, 0.6) is 0 Å². The van der Waals surface area contributed by atoms with Crippen molar-refractivity contribution in [2.24, 2.45) is 0 Å². The number of nitrogens with zero attached hydrogens (tertiary/aromatic N) is 1. The topological polar surface area (TPSA) is 4.93 Å². The summed E-state index contributed by atoms with van der Waals surface area (Å²) >= 11 is 7.35. The number of hydrogen-bond donors (Lipinski definition) is 0. The minimum Gasteiger partial charge on any atom is -0.309 e. The monoisotopic (exact) mass is 477 g/mol. The van der Waals surface area contributed by atoms with Gasteiger partial charge in [-0.2, -0.15) is 0 Å². The van der Waals surface area contributed by atoms with Gasteiger partial charge in [0.05, 0.1) is 41.4 Å². The Morgan fingerprint density at radius 1 is 0.606 bits per heavy atom. The van der Waals surface area contributed by atoms with Crippen LogP contribution in [-0.2, 0) is 0 Å². The Hall–Kier alpha value is -3.59. The van der Waals surface area contributed by atoms with E-state index in [0.29, 0.717) is 0 Å². The van der Waals surface area contributed by atoms with Crippen LogP contribution in [0, 0.1) is 0 Å². The van der Waals surface area contributed by atoms with Crippen molar-refractivity contribution < 1.29 is 24.7 Å². The van der Waals surface area contributed by atoms with E-state index in [1.54, 1.807) is 0 Å². The molecule has 0 aliphatic rings. The summed E-state index contributed by atoms with van der Waals surface area (Å²) in [6.45, 7) is 0. The molecule has 0 saturated carbocycles. The number of rotatable bonds is 2. The third-order valence-corrected chi connectivity index (χ3v) is 6.66. The normalized spacial score (nSPS) is 19.4. The smallest absolute Gasteiger partial charge is 0.0645 e. The van der Waals surface area contributed by atoms with Gasteiger partial charge in [-0.1, -0.05) is 90.2 Å². The van der Waals surface area contributed by atoms with E-state index in [9.17, 15) is 0 Å². The summed E-state index contributed by atoms with van der Waals surface area (Å²) in [6.07, 6.45) is 0. The van der Waals surface area contributed by atoms with Gasteiger partial charge in [-0.05, 0) is 30.2 Å². The summed E-state index contributed by atoms with van der Waals surface area (Å²) in [5.41, 5.74) is -2.36. The first-order valence-electron chi connectivity index (χ1n) is 18.5. The lowest BCUT2D eigenvalue weighted by atomic mass is 10.0. The third-order valence-electron chi connectivity index (χ3n) is 5.25. The van der Waals surface area contributed by atoms with Crippen LogP contribution in [0.25, 0.3) is 58.8 Å². The Balaban J connectivity index is 1.85. The molecule has 5 aromatic carbocycles. The zero-order chi connectivity index (χ0) is 37.6. The Morgan fingerprint density at radius 3 is 1.97 bits per heavy atom. The molecule has 1 nitrogen and oxygen atoms in total. The zero-order valence-corrected chi connectivity index (χ0v) is 17.8. The lowest BCUT2D eigenvalue weighted by Crippen LogP contribution is -1.97. The van der Waals surface area contributed by atoms with E-state index in [4.69, 9.17) is 36.3 Å². The number of halogens is 1. The van der Waals surface area contributed by atoms with Crippen LogP contribution in [0.4, 0.5) is 0 Å². The molecule has 7 aromatic rings. The maximum Gasteiger partial charge on any atom is 0.0645 e. The highest BCUT2D eigenvalue weighted by Crippen LogP contribution is 2.45. The fourth-order valence-electron chi connectivity index (χ4n) is 3.92. The van der Waals surface area contributed by atoms with Crippen LogP contribution in [0.2, 0.25) is 5.02 Å². The molecule has 156 valence electrons. The van der Waals surface area contributed by atoms with Crippen molar-refractivity contribution in [2.45, 2.75) is 0 Å². The first kappa shape index (κ1) is 8.32. The Morgan fingerprint density at radius 2 is 1.21 bits per heavy atom. The van der Waals surface area contributed by atoms with E-state index < -0.39 is 131 Å². The number of benzene rings is 5. The third kappa shape index (κ3) is 2.72. The molecule has 2 heterocycles. The molecule has 0 bridgehead atoms. The lowest BCUT2D eigenvalue weighted by molar-refractivity contribution is 1.18. The molecular formula is C30H18ClNS. The highest BCUT2D eigenvalue weighted by Gasteiger charge is 2.18. The van der Waals surface area contributed by atoms with E-state index in [2.05, 4.69) is 0 Å². The van der Waals surface area contributed by atoms with Crippen molar-refractivity contribution in [3.8, 4) is 16.8 Å². The molecule has 0 radical (unpaired) electrons. The lowest BCUT2D eigenvalue weighted by Gasteiger charge is -2.15. The molecule has 0 aliphatic heterocycles. The van der Waals surface area contributed by atoms with Gasteiger partial charge in [-0.25, -0.2) is 0 Å². The maximum absolute atomic E-state index is 9.16. The van der Waals surface area contributed by atoms with Gasteiger partial charge in [-0.15, -0.1) is 11.3 Å². The zero-order valence-electron chi connectivity index (χ0n) is 34.2. The van der Waals surface area contributed by atoms with E-state index >= 15 is 0 Å². The van der Waals surface area contributed by atoms with E-state index in [1.165, 1.54) is 0 Å². The van der Waals surface area contributed by atoms with E-state index in [-0.39, 0.29) is 41.5 Å². The molecular weight excluding hydrogens is 442 g/mol. The molecule has 0 spiro atoms. The average molecular weight is 478 g/mol. The van der Waals surface area contributed by atoms with Gasteiger partial charge in [0.2, 0.25) is 0 Å². The molecule has 0 aliphatic carbocycles. The summed E-state index contributed by atoms with van der Waals surface area (Å²) in [4.78, 5) is 0. The van der Waals surface area contributed by atoms with Gasteiger partial charge in [0, 0.05) is 47.1 Å². The van der Waals surface area contributed by atoms with Crippen LogP contribution < -0.4 is 0 Å². The standard InChI is InChI=1S/C30H18ClNS/c31-24-18-17-22(30-29(24)23-12-4-8-16-28(23)33-30)21-11-3-7-15-27(21)32-25-13-5-1-9-19(25)20-10-2-6-14-26(20)32/h1-18H/i1D,2D,3D,4D,5D,6D,7D,8D,9D,10D,11D,12D,13D,14D,15D,16D,17D,18D. The number of fused-ring (bicyclic) bond motifs is 6. The molecule has 0 unspecified atom stereocenters. The van der Waals surface area contributed by atoms with Crippen LogP contribution in [0.15, 0.2) is 109 Å². The molecule has 0 amide bonds. The minimum atomic E-state index is -0.839. The second-order valence-electron chi connectivity index (χ2n) is 6.96. The second-order valence-corrected chi connectivity index (χ2v) is 8.35. The van der Waals surface area contributed by atoms with Crippen molar-refractivity contribution in [3.63, 3.8) is 0 Å². The fourth-order valence-corrected chi connectivity index (χ4v) is 5.33. The van der Waals surface area contributed by atoms with Crippen LogP contribution in [0.3, 0.4) is 0 Å². The minimum absolute atomic E-state index is 0.0216. The highest BCUT2D eigenvalue weighted by molar-refractivity contribution is 7.26. The molecule has 0 saturated heterocycles. The summed E-state index contributed by atoms with van der Waals surface area (Å²) in [7, 11) is 0. The summed E-state index contributed by atoms with van der Waals surface area (Å²) in [6, 6.07) is -12.6. The van der Waals surface area contributed by atoms with Gasteiger partial charge in [0.1, 0.15) is 0 Å². The average Bonchev–Trinajstić information content (AvgIpc) is 3.67. The van der Waals surface area contributed by atoms with Crippen molar-refractivity contribution >= 4 is 64.9 Å².